The zero-order chi connectivity index (χ0) is 14.8. The Morgan fingerprint density at radius 3 is 2.75 bits per heavy atom. The van der Waals surface area contributed by atoms with Crippen molar-refractivity contribution in [2.75, 3.05) is 0 Å². The Labute approximate surface area is 128 Å². The summed E-state index contributed by atoms with van der Waals surface area (Å²) in [7, 11) is -3.95. The van der Waals surface area contributed by atoms with Crippen LogP contribution in [0.4, 0.5) is 4.39 Å². The topological polar surface area (TPSA) is 70.0 Å². The summed E-state index contributed by atoms with van der Waals surface area (Å²) in [6.07, 6.45) is 0. The predicted molar refractivity (Wildman–Crippen MR) is 77.2 cm³/mol. The Morgan fingerprint density at radius 2 is 2.15 bits per heavy atom. The van der Waals surface area contributed by atoms with Crippen LogP contribution in [0.25, 0.3) is 0 Å². The van der Waals surface area contributed by atoms with Crippen molar-refractivity contribution in [3.63, 3.8) is 0 Å². The van der Waals surface area contributed by atoms with Crippen molar-refractivity contribution < 1.29 is 12.8 Å². The van der Waals surface area contributed by atoms with Crippen LogP contribution in [0.1, 0.15) is 10.4 Å². The molecular formula is C12H8BrFN2O2S2. The molecule has 0 radical (unpaired) electrons. The van der Waals surface area contributed by atoms with Crippen molar-refractivity contribution in [1.29, 1.82) is 5.26 Å². The Kier molecular flexibility index (Phi) is 4.55. The summed E-state index contributed by atoms with van der Waals surface area (Å²) in [6.45, 7) is 0.0714. The van der Waals surface area contributed by atoms with E-state index in [9.17, 15) is 12.8 Å². The second kappa shape index (κ2) is 6.01. The zero-order valence-electron chi connectivity index (χ0n) is 9.93. The van der Waals surface area contributed by atoms with Gasteiger partial charge in [-0.1, -0.05) is 6.07 Å². The molecule has 0 aliphatic heterocycles. The standard InChI is InChI=1S/C12H8BrFN2O2S2/c13-9-4-5-19-11(9)7-16-20(17,18)12-3-1-2-10(14)8(12)6-15/h1-5,16H,7H2. The van der Waals surface area contributed by atoms with Gasteiger partial charge in [0.15, 0.2) is 0 Å². The molecule has 0 bridgehead atoms. The van der Waals surface area contributed by atoms with Crippen LogP contribution in [-0.4, -0.2) is 8.42 Å². The van der Waals surface area contributed by atoms with Crippen molar-refractivity contribution in [2.24, 2.45) is 0 Å². The summed E-state index contributed by atoms with van der Waals surface area (Å²) in [5.41, 5.74) is -0.481. The normalized spacial score (nSPS) is 11.2. The van der Waals surface area contributed by atoms with Gasteiger partial charge >= 0.3 is 0 Å². The van der Waals surface area contributed by atoms with E-state index >= 15 is 0 Å². The highest BCUT2D eigenvalue weighted by Crippen LogP contribution is 2.23. The third-order valence-electron chi connectivity index (χ3n) is 2.49. The van der Waals surface area contributed by atoms with Crippen LogP contribution in [-0.2, 0) is 16.6 Å². The smallest absolute Gasteiger partial charge is 0.207 e. The summed E-state index contributed by atoms with van der Waals surface area (Å²) in [4.78, 5) is 0.441. The molecular weight excluding hydrogens is 367 g/mol. The highest BCUT2D eigenvalue weighted by Gasteiger charge is 2.21. The van der Waals surface area contributed by atoms with Crippen LogP contribution >= 0.6 is 27.3 Å². The molecule has 0 aliphatic carbocycles. The molecule has 0 saturated heterocycles. The van der Waals surface area contributed by atoms with Gasteiger partial charge in [0, 0.05) is 15.9 Å². The van der Waals surface area contributed by atoms with E-state index in [0.717, 1.165) is 15.4 Å². The molecule has 1 aromatic carbocycles. The molecule has 1 N–H and O–H groups in total. The van der Waals surface area contributed by atoms with Gasteiger partial charge in [-0.2, -0.15) is 5.26 Å². The average Bonchev–Trinajstić information content (AvgIpc) is 2.82. The maximum Gasteiger partial charge on any atom is 0.242 e. The lowest BCUT2D eigenvalue weighted by atomic mass is 10.2. The zero-order valence-corrected chi connectivity index (χ0v) is 13.1. The largest absolute Gasteiger partial charge is 0.242 e. The number of nitrogens with zero attached hydrogens (tertiary/aromatic N) is 1. The van der Waals surface area contributed by atoms with E-state index in [1.807, 2.05) is 5.38 Å². The van der Waals surface area contributed by atoms with E-state index in [1.165, 1.54) is 23.5 Å². The predicted octanol–water partition coefficient (Wildman–Crippen LogP) is 3.00. The number of hydrogen-bond acceptors (Lipinski definition) is 4. The number of hydrogen-bond donors (Lipinski definition) is 1. The maximum absolute atomic E-state index is 13.4. The molecule has 4 nitrogen and oxygen atoms in total. The Bertz CT molecular complexity index is 781. The minimum Gasteiger partial charge on any atom is -0.207 e. The fraction of sp³-hybridized carbons (Fsp3) is 0.0833. The molecule has 0 atom stereocenters. The second-order valence-electron chi connectivity index (χ2n) is 3.74. The molecule has 0 unspecified atom stereocenters. The van der Waals surface area contributed by atoms with Crippen LogP contribution in [0.2, 0.25) is 0 Å². The van der Waals surface area contributed by atoms with Gasteiger partial charge in [0.05, 0.1) is 0 Å². The SMILES string of the molecule is N#Cc1c(F)cccc1S(=O)(=O)NCc1sccc1Br. The van der Waals surface area contributed by atoms with Gasteiger partial charge in [0.25, 0.3) is 0 Å². The van der Waals surface area contributed by atoms with E-state index in [1.54, 1.807) is 12.1 Å². The fourth-order valence-electron chi connectivity index (χ4n) is 1.53. The first kappa shape index (κ1) is 15.1. The number of nitrogens with one attached hydrogen (secondary N) is 1. The minimum absolute atomic E-state index is 0.0714. The van der Waals surface area contributed by atoms with Crippen molar-refractivity contribution in [1.82, 2.24) is 4.72 Å². The van der Waals surface area contributed by atoms with E-state index in [0.29, 0.717) is 0 Å². The Balaban J connectivity index is 2.30. The number of benzene rings is 1. The summed E-state index contributed by atoms with van der Waals surface area (Å²) < 4.78 is 40.9. The van der Waals surface area contributed by atoms with Gasteiger partial charge in [0.2, 0.25) is 10.0 Å². The molecule has 20 heavy (non-hydrogen) atoms. The first-order valence-corrected chi connectivity index (χ1v) is 8.51. The fourth-order valence-corrected chi connectivity index (χ4v) is 4.21. The van der Waals surface area contributed by atoms with Gasteiger partial charge < -0.3 is 0 Å². The van der Waals surface area contributed by atoms with Gasteiger partial charge in [-0.3, -0.25) is 0 Å². The molecule has 1 aromatic heterocycles. The first-order chi connectivity index (χ1) is 9.45. The summed E-state index contributed by atoms with van der Waals surface area (Å²) >= 11 is 4.68. The van der Waals surface area contributed by atoms with E-state index in [-0.39, 0.29) is 11.4 Å². The molecule has 104 valence electrons. The number of thiophene rings is 1. The molecule has 0 amide bonds. The van der Waals surface area contributed by atoms with E-state index < -0.39 is 21.4 Å². The molecule has 0 fully saturated rings. The molecule has 0 saturated carbocycles. The van der Waals surface area contributed by atoms with Gasteiger partial charge in [0.1, 0.15) is 22.3 Å². The maximum atomic E-state index is 13.4. The van der Waals surface area contributed by atoms with Crippen molar-refractivity contribution in [3.05, 3.63) is 50.4 Å². The monoisotopic (exact) mass is 374 g/mol. The van der Waals surface area contributed by atoms with Crippen molar-refractivity contribution >= 4 is 37.3 Å². The average molecular weight is 375 g/mol. The highest BCUT2D eigenvalue weighted by atomic mass is 79.9. The third-order valence-corrected chi connectivity index (χ3v) is 5.86. The third kappa shape index (κ3) is 3.07. The minimum atomic E-state index is -3.95. The van der Waals surface area contributed by atoms with Crippen LogP contribution in [0.15, 0.2) is 39.0 Å². The molecule has 8 heteroatoms. The van der Waals surface area contributed by atoms with Crippen LogP contribution in [0, 0.1) is 17.1 Å². The second-order valence-corrected chi connectivity index (χ2v) is 7.33. The van der Waals surface area contributed by atoms with Gasteiger partial charge in [-0.25, -0.2) is 17.5 Å². The lowest BCUT2D eigenvalue weighted by molar-refractivity contribution is 0.576. The quantitative estimate of drug-likeness (QED) is 0.893. The van der Waals surface area contributed by atoms with Crippen molar-refractivity contribution in [2.45, 2.75) is 11.4 Å². The summed E-state index contributed by atoms with van der Waals surface area (Å²) in [5, 5.41) is 10.7. The van der Waals surface area contributed by atoms with Gasteiger partial charge in [-0.15, -0.1) is 11.3 Å². The van der Waals surface area contributed by atoms with Crippen molar-refractivity contribution in [3.8, 4) is 6.07 Å². The molecule has 2 aromatic rings. The summed E-state index contributed by atoms with van der Waals surface area (Å²) in [5.74, 6) is -0.854. The molecule has 1 heterocycles. The van der Waals surface area contributed by atoms with Crippen LogP contribution in [0.3, 0.4) is 0 Å². The van der Waals surface area contributed by atoms with Crippen LogP contribution < -0.4 is 4.72 Å². The number of halogens is 2. The molecule has 0 aliphatic rings. The number of rotatable bonds is 4. The Hall–Kier alpha value is -1.27. The summed E-state index contributed by atoms with van der Waals surface area (Å²) in [6, 6.07) is 6.88. The van der Waals surface area contributed by atoms with Crippen LogP contribution in [0.5, 0.6) is 0 Å². The number of nitriles is 1. The Morgan fingerprint density at radius 1 is 1.40 bits per heavy atom. The first-order valence-electron chi connectivity index (χ1n) is 5.36. The van der Waals surface area contributed by atoms with E-state index in [4.69, 9.17) is 5.26 Å². The molecule has 0 spiro atoms. The van der Waals surface area contributed by atoms with E-state index in [2.05, 4.69) is 20.7 Å². The van der Waals surface area contributed by atoms with Gasteiger partial charge in [-0.05, 0) is 39.5 Å². The number of sulfonamides is 1. The highest BCUT2D eigenvalue weighted by molar-refractivity contribution is 9.10. The molecule has 2 rings (SSSR count). The lowest BCUT2D eigenvalue weighted by Gasteiger charge is -2.08. The lowest BCUT2D eigenvalue weighted by Crippen LogP contribution is -2.24.